The van der Waals surface area contributed by atoms with E-state index in [-0.39, 0.29) is 8.80 Å². The molecule has 0 N–H and O–H groups in total. The standard InChI is InChI=1S/C11H17Si/c1-10(2)9-12(3)11-7-5-4-6-8-11/h4-8,10H,9H2,1-3H3. The average Bonchev–Trinajstić information content (AvgIpc) is 2.05. The maximum atomic E-state index is 2.40. The first kappa shape index (κ1) is 9.52. The molecule has 0 amide bonds. The first-order valence-electron chi connectivity index (χ1n) is 4.58. The van der Waals surface area contributed by atoms with E-state index in [1.807, 2.05) is 0 Å². The van der Waals surface area contributed by atoms with E-state index in [1.54, 1.807) is 5.19 Å². The predicted octanol–water partition coefficient (Wildman–Crippen LogP) is 2.67. The van der Waals surface area contributed by atoms with Crippen molar-refractivity contribution in [2.24, 2.45) is 5.92 Å². The highest BCUT2D eigenvalue weighted by atomic mass is 28.3. The second kappa shape index (κ2) is 4.46. The van der Waals surface area contributed by atoms with Crippen LogP contribution >= 0.6 is 0 Å². The SMILES string of the molecule is CC(C)C[Si](C)c1ccccc1. The van der Waals surface area contributed by atoms with Gasteiger partial charge in [-0.2, -0.15) is 0 Å². The van der Waals surface area contributed by atoms with E-state index in [1.165, 1.54) is 6.04 Å². The van der Waals surface area contributed by atoms with Gasteiger partial charge in [-0.15, -0.1) is 0 Å². The van der Waals surface area contributed by atoms with E-state index in [2.05, 4.69) is 50.7 Å². The molecule has 0 aliphatic heterocycles. The second-order valence-electron chi connectivity index (χ2n) is 3.74. The molecule has 1 aromatic carbocycles. The molecule has 0 fully saturated rings. The van der Waals surface area contributed by atoms with E-state index < -0.39 is 0 Å². The fourth-order valence-corrected chi connectivity index (χ4v) is 3.67. The normalized spacial score (nSPS) is 11.1. The van der Waals surface area contributed by atoms with Crippen molar-refractivity contribution in [3.8, 4) is 0 Å². The lowest BCUT2D eigenvalue weighted by atomic mass is 10.3. The van der Waals surface area contributed by atoms with Crippen LogP contribution in [0.4, 0.5) is 0 Å². The van der Waals surface area contributed by atoms with Crippen molar-refractivity contribution in [2.75, 3.05) is 0 Å². The summed E-state index contributed by atoms with van der Waals surface area (Å²) < 4.78 is 0. The van der Waals surface area contributed by atoms with Crippen molar-refractivity contribution in [3.05, 3.63) is 30.3 Å². The third kappa shape index (κ3) is 2.82. The Morgan fingerprint density at radius 3 is 2.25 bits per heavy atom. The van der Waals surface area contributed by atoms with Crippen molar-refractivity contribution in [1.29, 1.82) is 0 Å². The zero-order valence-corrected chi connectivity index (χ0v) is 9.17. The average molecular weight is 177 g/mol. The van der Waals surface area contributed by atoms with Gasteiger partial charge < -0.3 is 0 Å². The Morgan fingerprint density at radius 1 is 1.17 bits per heavy atom. The van der Waals surface area contributed by atoms with Crippen LogP contribution in [-0.4, -0.2) is 8.80 Å². The second-order valence-corrected chi connectivity index (χ2v) is 6.29. The third-order valence-electron chi connectivity index (χ3n) is 1.98. The van der Waals surface area contributed by atoms with Crippen LogP contribution in [0.5, 0.6) is 0 Å². The molecule has 0 unspecified atom stereocenters. The Balaban J connectivity index is 2.59. The summed E-state index contributed by atoms with van der Waals surface area (Å²) in [6.07, 6.45) is 0. The van der Waals surface area contributed by atoms with Gasteiger partial charge in [0.25, 0.3) is 0 Å². The van der Waals surface area contributed by atoms with Crippen molar-refractivity contribution in [1.82, 2.24) is 0 Å². The molecular formula is C11H17Si. The Bertz CT molecular complexity index is 216. The van der Waals surface area contributed by atoms with Crippen LogP contribution in [0, 0.1) is 5.92 Å². The topological polar surface area (TPSA) is 0 Å². The first-order chi connectivity index (χ1) is 5.70. The fraction of sp³-hybridized carbons (Fsp3) is 0.455. The van der Waals surface area contributed by atoms with E-state index in [0.29, 0.717) is 0 Å². The molecule has 12 heavy (non-hydrogen) atoms. The minimum atomic E-state index is -0.267. The minimum Gasteiger partial charge on any atom is -0.0669 e. The number of benzene rings is 1. The van der Waals surface area contributed by atoms with Crippen LogP contribution in [0.3, 0.4) is 0 Å². The maximum Gasteiger partial charge on any atom is 0.0826 e. The molecule has 0 aliphatic carbocycles. The van der Waals surface area contributed by atoms with Crippen molar-refractivity contribution in [2.45, 2.75) is 26.4 Å². The summed E-state index contributed by atoms with van der Waals surface area (Å²) in [5.74, 6) is 0.837. The predicted molar refractivity (Wildman–Crippen MR) is 57.3 cm³/mol. The third-order valence-corrected chi connectivity index (χ3v) is 4.73. The highest BCUT2D eigenvalue weighted by Crippen LogP contribution is 2.05. The Hall–Kier alpha value is -0.563. The molecule has 1 aromatic rings. The lowest BCUT2D eigenvalue weighted by Gasteiger charge is -2.11. The van der Waals surface area contributed by atoms with Gasteiger partial charge in [0.15, 0.2) is 0 Å². The zero-order valence-electron chi connectivity index (χ0n) is 8.17. The smallest absolute Gasteiger partial charge is 0.0669 e. The van der Waals surface area contributed by atoms with Crippen LogP contribution in [0.25, 0.3) is 0 Å². The summed E-state index contributed by atoms with van der Waals surface area (Å²) in [7, 11) is -0.267. The van der Waals surface area contributed by atoms with Gasteiger partial charge in [0.05, 0.1) is 8.80 Å². The molecular weight excluding hydrogens is 160 g/mol. The number of hydrogen-bond donors (Lipinski definition) is 0. The molecule has 65 valence electrons. The molecule has 0 nitrogen and oxygen atoms in total. The Kier molecular flexibility index (Phi) is 3.54. The molecule has 0 spiro atoms. The molecule has 0 aliphatic rings. The van der Waals surface area contributed by atoms with Gasteiger partial charge in [0.1, 0.15) is 0 Å². The van der Waals surface area contributed by atoms with Crippen LogP contribution in [0.1, 0.15) is 13.8 Å². The van der Waals surface area contributed by atoms with Gasteiger partial charge in [-0.3, -0.25) is 0 Å². The highest BCUT2D eigenvalue weighted by molar-refractivity contribution is 6.72. The van der Waals surface area contributed by atoms with E-state index >= 15 is 0 Å². The van der Waals surface area contributed by atoms with Gasteiger partial charge in [0.2, 0.25) is 0 Å². The van der Waals surface area contributed by atoms with Crippen molar-refractivity contribution < 1.29 is 0 Å². The summed E-state index contributed by atoms with van der Waals surface area (Å²) in [6, 6.07) is 12.3. The summed E-state index contributed by atoms with van der Waals surface area (Å²) in [5.41, 5.74) is 0. The monoisotopic (exact) mass is 177 g/mol. The van der Waals surface area contributed by atoms with Crippen molar-refractivity contribution >= 4 is 14.0 Å². The largest absolute Gasteiger partial charge is 0.0826 e. The summed E-state index contributed by atoms with van der Waals surface area (Å²) in [4.78, 5) is 0. The lowest BCUT2D eigenvalue weighted by molar-refractivity contribution is 0.728. The number of hydrogen-bond acceptors (Lipinski definition) is 0. The lowest BCUT2D eigenvalue weighted by Crippen LogP contribution is -2.27. The fourth-order valence-electron chi connectivity index (χ4n) is 1.45. The maximum absolute atomic E-state index is 2.40. The molecule has 1 radical (unpaired) electrons. The van der Waals surface area contributed by atoms with Gasteiger partial charge >= 0.3 is 0 Å². The highest BCUT2D eigenvalue weighted by Gasteiger charge is 2.08. The van der Waals surface area contributed by atoms with E-state index in [4.69, 9.17) is 0 Å². The van der Waals surface area contributed by atoms with Crippen LogP contribution in [0.15, 0.2) is 30.3 Å². The molecule has 0 atom stereocenters. The molecule has 0 saturated heterocycles. The Labute approximate surface area is 77.2 Å². The Morgan fingerprint density at radius 2 is 1.75 bits per heavy atom. The molecule has 0 saturated carbocycles. The summed E-state index contributed by atoms with van der Waals surface area (Å²) >= 11 is 0. The van der Waals surface area contributed by atoms with E-state index in [0.717, 1.165) is 5.92 Å². The van der Waals surface area contributed by atoms with E-state index in [9.17, 15) is 0 Å². The van der Waals surface area contributed by atoms with Gasteiger partial charge in [0, 0.05) is 0 Å². The van der Waals surface area contributed by atoms with Crippen LogP contribution in [0.2, 0.25) is 12.6 Å². The van der Waals surface area contributed by atoms with Crippen LogP contribution in [-0.2, 0) is 0 Å². The van der Waals surface area contributed by atoms with Crippen molar-refractivity contribution in [3.63, 3.8) is 0 Å². The minimum absolute atomic E-state index is 0.267. The summed E-state index contributed by atoms with van der Waals surface area (Å²) in [5, 5.41) is 1.57. The molecule has 0 heterocycles. The molecule has 0 bridgehead atoms. The van der Waals surface area contributed by atoms with Gasteiger partial charge in [-0.05, 0) is 5.92 Å². The quantitative estimate of drug-likeness (QED) is 0.623. The number of rotatable bonds is 3. The van der Waals surface area contributed by atoms with Gasteiger partial charge in [-0.1, -0.05) is 62.0 Å². The molecule has 0 aromatic heterocycles. The van der Waals surface area contributed by atoms with Crippen LogP contribution < -0.4 is 5.19 Å². The molecule has 1 rings (SSSR count). The molecule has 1 heteroatoms. The van der Waals surface area contributed by atoms with Gasteiger partial charge in [-0.25, -0.2) is 0 Å². The first-order valence-corrected chi connectivity index (χ1v) is 6.78. The zero-order chi connectivity index (χ0) is 8.97. The summed E-state index contributed by atoms with van der Waals surface area (Å²) in [6.45, 7) is 7.01.